The molecule has 0 aliphatic heterocycles. The minimum absolute atomic E-state index is 0.0501. The van der Waals surface area contributed by atoms with Crippen LogP contribution in [0.5, 0.6) is 0 Å². The van der Waals surface area contributed by atoms with Crippen LogP contribution in [0.2, 0.25) is 0 Å². The van der Waals surface area contributed by atoms with Gasteiger partial charge in [-0.2, -0.15) is 10.2 Å². The minimum atomic E-state index is -1.33. The van der Waals surface area contributed by atoms with E-state index in [2.05, 4.69) is 35.9 Å². The Balaban J connectivity index is 1.27. The zero-order valence-electron chi connectivity index (χ0n) is 21.5. The maximum Gasteiger partial charge on any atom is 0.252 e. The first-order chi connectivity index (χ1) is 18.1. The number of amides is 1. The molecule has 0 saturated heterocycles. The molecule has 4 aromatic rings. The van der Waals surface area contributed by atoms with Crippen LogP contribution >= 0.6 is 0 Å². The van der Waals surface area contributed by atoms with Crippen molar-refractivity contribution >= 4 is 17.5 Å². The molecular formula is C26H29FN8O3. The summed E-state index contributed by atoms with van der Waals surface area (Å²) in [7, 11) is 1.46. The first kappa shape index (κ1) is 25.5. The predicted octanol–water partition coefficient (Wildman–Crippen LogP) is 3.13. The molecule has 4 N–H and O–H groups in total. The SMILES string of the molecule is COC1(C(=O)N[C@@H](C)c2ccc(-n3cc(F)cn3)nc2)CC(O)(c2cc(C)cc(Nc3cc(C)[nH]n3)n2)C1. The highest BCUT2D eigenvalue weighted by Gasteiger charge is 2.60. The summed E-state index contributed by atoms with van der Waals surface area (Å²) < 4.78 is 20.2. The first-order valence-corrected chi connectivity index (χ1v) is 12.1. The fourth-order valence-corrected chi connectivity index (χ4v) is 4.68. The van der Waals surface area contributed by atoms with Crippen molar-refractivity contribution in [1.29, 1.82) is 0 Å². The number of methoxy groups -OCH3 is 1. The Kier molecular flexibility index (Phi) is 6.45. The number of carbonyl (C=O) groups is 1. The topological polar surface area (TPSA) is 143 Å². The van der Waals surface area contributed by atoms with Crippen LogP contribution in [0.25, 0.3) is 5.82 Å². The number of carbonyl (C=O) groups excluding carboxylic acids is 1. The summed E-state index contributed by atoms with van der Waals surface area (Å²) in [4.78, 5) is 22.2. The van der Waals surface area contributed by atoms with Crippen molar-refractivity contribution in [3.63, 3.8) is 0 Å². The van der Waals surface area contributed by atoms with E-state index in [9.17, 15) is 14.3 Å². The number of hydrogen-bond donors (Lipinski definition) is 4. The van der Waals surface area contributed by atoms with Gasteiger partial charge in [-0.3, -0.25) is 9.89 Å². The lowest BCUT2D eigenvalue weighted by molar-refractivity contribution is -0.206. The van der Waals surface area contributed by atoms with Crippen LogP contribution in [0, 0.1) is 19.7 Å². The van der Waals surface area contributed by atoms with Gasteiger partial charge in [0.25, 0.3) is 5.91 Å². The van der Waals surface area contributed by atoms with E-state index >= 15 is 0 Å². The number of H-pyrrole nitrogens is 1. The average molecular weight is 521 g/mol. The second-order valence-electron chi connectivity index (χ2n) is 9.81. The molecule has 0 unspecified atom stereocenters. The van der Waals surface area contributed by atoms with Gasteiger partial charge in [0.1, 0.15) is 11.4 Å². The van der Waals surface area contributed by atoms with E-state index in [1.54, 1.807) is 24.4 Å². The minimum Gasteiger partial charge on any atom is -0.383 e. The van der Waals surface area contributed by atoms with Gasteiger partial charge in [0.2, 0.25) is 0 Å². The molecule has 38 heavy (non-hydrogen) atoms. The van der Waals surface area contributed by atoms with Gasteiger partial charge in [0.05, 0.1) is 24.1 Å². The molecule has 0 bridgehead atoms. The normalized spacial score (nSPS) is 21.5. The van der Waals surface area contributed by atoms with Crippen LogP contribution in [-0.4, -0.2) is 53.7 Å². The van der Waals surface area contributed by atoms with Gasteiger partial charge < -0.3 is 20.5 Å². The Morgan fingerprint density at radius 3 is 2.61 bits per heavy atom. The maximum absolute atomic E-state index is 13.3. The van der Waals surface area contributed by atoms with E-state index < -0.39 is 17.0 Å². The highest BCUT2D eigenvalue weighted by atomic mass is 19.1. The molecule has 1 fully saturated rings. The van der Waals surface area contributed by atoms with Gasteiger partial charge in [0, 0.05) is 37.9 Å². The number of ether oxygens (including phenoxy) is 1. The van der Waals surface area contributed by atoms with Gasteiger partial charge in [-0.05, 0) is 50.1 Å². The fourth-order valence-electron chi connectivity index (χ4n) is 4.68. The monoisotopic (exact) mass is 520 g/mol. The highest BCUT2D eigenvalue weighted by molar-refractivity contribution is 5.87. The van der Waals surface area contributed by atoms with Crippen LogP contribution in [0.1, 0.15) is 48.3 Å². The van der Waals surface area contributed by atoms with Crippen molar-refractivity contribution in [3.05, 3.63) is 77.3 Å². The number of aliphatic hydroxyl groups is 1. The summed E-state index contributed by atoms with van der Waals surface area (Å²) in [5.41, 5.74) is 0.475. The van der Waals surface area contributed by atoms with Crippen molar-refractivity contribution < 1.29 is 19.0 Å². The van der Waals surface area contributed by atoms with E-state index in [1.807, 2.05) is 32.9 Å². The number of aromatic nitrogens is 6. The van der Waals surface area contributed by atoms with E-state index in [4.69, 9.17) is 4.74 Å². The fraction of sp³-hybridized carbons (Fsp3) is 0.346. The second kappa shape index (κ2) is 9.62. The zero-order chi connectivity index (χ0) is 27.1. The third-order valence-electron chi connectivity index (χ3n) is 6.77. The molecule has 1 aliphatic rings. The third kappa shape index (κ3) is 4.87. The molecule has 11 nitrogen and oxygen atoms in total. The molecule has 1 atom stereocenters. The Hall–Kier alpha value is -4.16. The molecule has 1 aliphatic carbocycles. The first-order valence-electron chi connectivity index (χ1n) is 12.1. The highest BCUT2D eigenvalue weighted by Crippen LogP contribution is 2.50. The number of rotatable bonds is 8. The molecular weight excluding hydrogens is 491 g/mol. The lowest BCUT2D eigenvalue weighted by atomic mass is 9.64. The van der Waals surface area contributed by atoms with Crippen molar-refractivity contribution in [2.45, 2.75) is 50.9 Å². The van der Waals surface area contributed by atoms with Crippen molar-refractivity contribution in [3.8, 4) is 5.82 Å². The number of aromatic amines is 1. The van der Waals surface area contributed by atoms with Crippen LogP contribution in [0.4, 0.5) is 16.0 Å². The van der Waals surface area contributed by atoms with Crippen molar-refractivity contribution in [2.24, 2.45) is 0 Å². The number of hydrogen-bond acceptors (Lipinski definition) is 8. The van der Waals surface area contributed by atoms with Gasteiger partial charge in [0.15, 0.2) is 23.1 Å². The smallest absolute Gasteiger partial charge is 0.252 e. The number of anilines is 2. The van der Waals surface area contributed by atoms with Gasteiger partial charge in [-0.15, -0.1) is 0 Å². The van der Waals surface area contributed by atoms with Crippen molar-refractivity contribution in [1.82, 2.24) is 35.3 Å². The number of pyridine rings is 2. The Morgan fingerprint density at radius 1 is 1.21 bits per heavy atom. The van der Waals surface area contributed by atoms with Gasteiger partial charge >= 0.3 is 0 Å². The summed E-state index contributed by atoms with van der Waals surface area (Å²) in [6.45, 7) is 5.64. The lowest BCUT2D eigenvalue weighted by Crippen LogP contribution is -2.63. The molecule has 198 valence electrons. The van der Waals surface area contributed by atoms with E-state index in [-0.39, 0.29) is 24.8 Å². The van der Waals surface area contributed by atoms with Crippen LogP contribution < -0.4 is 10.6 Å². The second-order valence-corrected chi connectivity index (χ2v) is 9.81. The van der Waals surface area contributed by atoms with Crippen LogP contribution in [-0.2, 0) is 15.1 Å². The number of nitrogens with zero attached hydrogens (tertiary/aromatic N) is 5. The molecule has 0 aromatic carbocycles. The molecule has 4 aromatic heterocycles. The molecule has 1 amide bonds. The van der Waals surface area contributed by atoms with Gasteiger partial charge in [-0.25, -0.2) is 19.0 Å². The molecule has 12 heteroatoms. The number of halogens is 1. The molecule has 4 heterocycles. The maximum atomic E-state index is 13.3. The Labute approximate surface area is 218 Å². The molecule has 0 spiro atoms. The predicted molar refractivity (Wildman–Crippen MR) is 136 cm³/mol. The van der Waals surface area contributed by atoms with Gasteiger partial charge in [-0.1, -0.05) is 6.07 Å². The molecule has 1 saturated carbocycles. The lowest BCUT2D eigenvalue weighted by Gasteiger charge is -2.50. The molecule has 5 rings (SSSR count). The van der Waals surface area contributed by atoms with E-state index in [0.29, 0.717) is 23.1 Å². The Bertz CT molecular complexity index is 1460. The number of nitrogens with one attached hydrogen (secondary N) is 3. The Morgan fingerprint density at radius 2 is 2.00 bits per heavy atom. The van der Waals surface area contributed by atoms with Crippen molar-refractivity contribution in [2.75, 3.05) is 12.4 Å². The third-order valence-corrected chi connectivity index (χ3v) is 6.77. The summed E-state index contributed by atoms with van der Waals surface area (Å²) in [5, 5.41) is 28.4. The quantitative estimate of drug-likeness (QED) is 0.278. The summed E-state index contributed by atoms with van der Waals surface area (Å²) in [6.07, 6.45) is 4.03. The van der Waals surface area contributed by atoms with Crippen LogP contribution in [0.3, 0.4) is 0 Å². The average Bonchev–Trinajstić information content (AvgIpc) is 3.49. The summed E-state index contributed by atoms with van der Waals surface area (Å²) >= 11 is 0. The van der Waals surface area contributed by atoms with E-state index in [1.165, 1.54) is 18.0 Å². The van der Waals surface area contributed by atoms with E-state index in [0.717, 1.165) is 23.0 Å². The summed E-state index contributed by atoms with van der Waals surface area (Å²) in [5.74, 6) is 0.819. The molecule has 0 radical (unpaired) electrons. The van der Waals surface area contributed by atoms with Crippen LogP contribution in [0.15, 0.2) is 48.9 Å². The standard InChI is InChI=1S/C26H29FN8O3/c1-15-7-20(31-21(8-15)32-22-9-16(2)33-34-22)25(37)13-26(14-25,38-4)24(36)30-17(3)18-5-6-23(28-10-18)35-12-19(27)11-29-35/h5-12,17,37H,13-14H2,1-4H3,(H,30,36)(H2,31,32,33,34)/t17-,25?,26?/m0/s1. The number of aryl methyl sites for hydroxylation is 2. The zero-order valence-corrected chi connectivity index (χ0v) is 21.5. The summed E-state index contributed by atoms with van der Waals surface area (Å²) in [6, 6.07) is 8.61. The largest absolute Gasteiger partial charge is 0.383 e.